The molecule has 0 bridgehead atoms. The minimum Gasteiger partial charge on any atom is -0.456 e. The van der Waals surface area contributed by atoms with E-state index in [2.05, 4.69) is 86.4 Å². The molecule has 6 rings (SSSR count). The summed E-state index contributed by atoms with van der Waals surface area (Å²) in [6.45, 7) is 10.5. The van der Waals surface area contributed by atoms with E-state index in [0.29, 0.717) is 11.3 Å². The van der Waals surface area contributed by atoms with Crippen molar-refractivity contribution in [2.45, 2.75) is 71.8 Å². The molecule has 0 amide bonds. The molecule has 1 atom stereocenters. The van der Waals surface area contributed by atoms with Gasteiger partial charge in [-0.25, -0.2) is 4.79 Å². The van der Waals surface area contributed by atoms with Crippen LogP contribution in [0.3, 0.4) is 0 Å². The second-order valence-corrected chi connectivity index (χ2v) is 11.9. The quantitative estimate of drug-likeness (QED) is 0.143. The number of rotatable bonds is 11. The molecule has 5 heteroatoms. The van der Waals surface area contributed by atoms with Gasteiger partial charge >= 0.3 is 5.97 Å². The summed E-state index contributed by atoms with van der Waals surface area (Å²) in [5, 5.41) is 3.59. The van der Waals surface area contributed by atoms with Gasteiger partial charge in [0, 0.05) is 52.9 Å². The van der Waals surface area contributed by atoms with E-state index in [1.54, 1.807) is 0 Å². The summed E-state index contributed by atoms with van der Waals surface area (Å²) in [6.07, 6.45) is 7.62. The Hall–Kier alpha value is -4.25. The molecule has 222 valence electrons. The Labute approximate surface area is 255 Å². The molecule has 1 N–H and O–H groups in total. The van der Waals surface area contributed by atoms with E-state index in [9.17, 15) is 4.79 Å². The lowest BCUT2D eigenvalue weighted by atomic mass is 9.77. The maximum absolute atomic E-state index is 13.4. The number of carbonyl (C=O) groups excluding carboxylic acids is 1. The van der Waals surface area contributed by atoms with Crippen LogP contribution in [0.2, 0.25) is 0 Å². The molecular formula is C38H42N2O3. The monoisotopic (exact) mass is 574 g/mol. The van der Waals surface area contributed by atoms with Crippen LogP contribution in [0.1, 0.15) is 90.5 Å². The third-order valence-corrected chi connectivity index (χ3v) is 8.87. The van der Waals surface area contributed by atoms with Gasteiger partial charge in [0.05, 0.1) is 5.56 Å². The first-order valence-electron chi connectivity index (χ1n) is 15.8. The van der Waals surface area contributed by atoms with Crippen molar-refractivity contribution in [1.82, 2.24) is 0 Å². The van der Waals surface area contributed by atoms with Crippen LogP contribution in [0.15, 0.2) is 78.9 Å². The number of carbonyl (C=O) groups is 1. The van der Waals surface area contributed by atoms with Gasteiger partial charge in [-0.15, -0.1) is 0 Å². The van der Waals surface area contributed by atoms with Crippen LogP contribution in [0, 0.1) is 13.8 Å². The van der Waals surface area contributed by atoms with Crippen molar-refractivity contribution in [3.8, 4) is 11.5 Å². The Balaban J connectivity index is 1.40. The zero-order valence-corrected chi connectivity index (χ0v) is 25.8. The van der Waals surface area contributed by atoms with Crippen molar-refractivity contribution in [2.75, 3.05) is 23.3 Å². The third-order valence-electron chi connectivity index (χ3n) is 8.87. The number of benzene rings is 4. The fraction of sp³-hybridized carbons (Fsp3) is 0.342. The molecule has 43 heavy (non-hydrogen) atoms. The van der Waals surface area contributed by atoms with Crippen molar-refractivity contribution >= 4 is 23.0 Å². The van der Waals surface area contributed by atoms with Gasteiger partial charge in [0.25, 0.3) is 0 Å². The van der Waals surface area contributed by atoms with E-state index in [0.717, 1.165) is 58.2 Å². The molecular weight excluding hydrogens is 532 g/mol. The predicted molar refractivity (Wildman–Crippen MR) is 175 cm³/mol. The molecule has 1 spiro atoms. The van der Waals surface area contributed by atoms with Gasteiger partial charge in [-0.2, -0.15) is 0 Å². The molecule has 0 aliphatic carbocycles. The molecule has 2 aliphatic heterocycles. The summed E-state index contributed by atoms with van der Waals surface area (Å²) < 4.78 is 13.1. The first-order chi connectivity index (χ1) is 20.9. The van der Waals surface area contributed by atoms with E-state index in [-0.39, 0.29) is 5.97 Å². The highest BCUT2D eigenvalue weighted by molar-refractivity contribution is 5.97. The molecule has 0 fully saturated rings. The van der Waals surface area contributed by atoms with Crippen LogP contribution < -0.4 is 15.0 Å². The lowest BCUT2D eigenvalue weighted by Gasteiger charge is -2.38. The highest BCUT2D eigenvalue weighted by atomic mass is 16.6. The average molecular weight is 575 g/mol. The van der Waals surface area contributed by atoms with Gasteiger partial charge in [0.2, 0.25) is 0 Å². The fourth-order valence-electron chi connectivity index (χ4n) is 6.57. The van der Waals surface area contributed by atoms with Gasteiger partial charge < -0.3 is 19.7 Å². The Bertz CT molecular complexity index is 1640. The number of hydrogen-bond donors (Lipinski definition) is 1. The molecule has 4 aromatic rings. The number of hydrogen-bond acceptors (Lipinski definition) is 5. The predicted octanol–water partition coefficient (Wildman–Crippen LogP) is 9.80. The summed E-state index contributed by atoms with van der Waals surface area (Å²) in [6, 6.07) is 26.6. The smallest absolute Gasteiger partial charge is 0.340 e. The van der Waals surface area contributed by atoms with Crippen LogP contribution in [0.25, 0.3) is 0 Å². The Morgan fingerprint density at radius 1 is 0.767 bits per heavy atom. The van der Waals surface area contributed by atoms with E-state index < -0.39 is 5.60 Å². The number of ether oxygens (including phenoxy) is 2. The SMILES string of the molecule is CCCCCCCCN(CC)c1ccc2c(c1)Oc1cc(C)c(Nc3cccc(C)c3)cc1C21OC(=O)c2ccccc21. The summed E-state index contributed by atoms with van der Waals surface area (Å²) in [5.41, 5.74) is 7.33. The number of aryl methyl sites for hydroxylation is 2. The highest BCUT2D eigenvalue weighted by Crippen LogP contribution is 2.57. The largest absolute Gasteiger partial charge is 0.456 e. The lowest BCUT2D eigenvalue weighted by Crippen LogP contribution is -2.33. The minimum atomic E-state index is -1.10. The number of anilines is 3. The highest BCUT2D eigenvalue weighted by Gasteiger charge is 2.53. The van der Waals surface area contributed by atoms with Crippen molar-refractivity contribution < 1.29 is 14.3 Å². The van der Waals surface area contributed by atoms with Crippen molar-refractivity contribution in [3.63, 3.8) is 0 Å². The summed E-state index contributed by atoms with van der Waals surface area (Å²) in [4.78, 5) is 15.8. The van der Waals surface area contributed by atoms with Crippen LogP contribution in [0.5, 0.6) is 11.5 Å². The number of unbranched alkanes of at least 4 members (excludes halogenated alkanes) is 5. The van der Waals surface area contributed by atoms with Crippen LogP contribution in [0.4, 0.5) is 17.1 Å². The maximum Gasteiger partial charge on any atom is 0.340 e. The van der Waals surface area contributed by atoms with Crippen molar-refractivity contribution in [2.24, 2.45) is 0 Å². The van der Waals surface area contributed by atoms with E-state index in [1.165, 1.54) is 44.1 Å². The van der Waals surface area contributed by atoms with Crippen LogP contribution in [-0.4, -0.2) is 19.1 Å². The molecule has 1 unspecified atom stereocenters. The molecule has 0 saturated carbocycles. The van der Waals surface area contributed by atoms with Crippen LogP contribution in [-0.2, 0) is 10.3 Å². The van der Waals surface area contributed by atoms with Gasteiger partial charge in [-0.05, 0) is 80.8 Å². The zero-order chi connectivity index (χ0) is 30.0. The van der Waals surface area contributed by atoms with E-state index in [4.69, 9.17) is 9.47 Å². The molecule has 2 aliphatic rings. The van der Waals surface area contributed by atoms with E-state index >= 15 is 0 Å². The number of nitrogens with zero attached hydrogens (tertiary/aromatic N) is 1. The lowest BCUT2D eigenvalue weighted by molar-refractivity contribution is 0.0224. The average Bonchev–Trinajstić information content (AvgIpc) is 3.30. The fourth-order valence-corrected chi connectivity index (χ4v) is 6.57. The molecule has 5 nitrogen and oxygen atoms in total. The molecule has 0 radical (unpaired) electrons. The first-order valence-corrected chi connectivity index (χ1v) is 15.8. The summed E-state index contributed by atoms with van der Waals surface area (Å²) >= 11 is 0. The Kier molecular flexibility index (Phi) is 8.16. The topological polar surface area (TPSA) is 50.8 Å². The molecule has 4 aromatic carbocycles. The summed E-state index contributed by atoms with van der Waals surface area (Å²) in [5.74, 6) is 1.13. The third kappa shape index (κ3) is 5.37. The maximum atomic E-state index is 13.4. The second kappa shape index (κ2) is 12.2. The second-order valence-electron chi connectivity index (χ2n) is 11.9. The Morgan fingerprint density at radius 3 is 2.37 bits per heavy atom. The van der Waals surface area contributed by atoms with Gasteiger partial charge in [-0.1, -0.05) is 69.4 Å². The van der Waals surface area contributed by atoms with Gasteiger partial charge in [0.15, 0.2) is 5.60 Å². The first kappa shape index (κ1) is 28.9. The van der Waals surface area contributed by atoms with Gasteiger partial charge in [0.1, 0.15) is 11.5 Å². The van der Waals surface area contributed by atoms with Crippen LogP contribution >= 0.6 is 0 Å². The van der Waals surface area contributed by atoms with Crippen molar-refractivity contribution in [3.05, 3.63) is 112 Å². The molecule has 0 aromatic heterocycles. The van der Waals surface area contributed by atoms with Gasteiger partial charge in [-0.3, -0.25) is 0 Å². The summed E-state index contributed by atoms with van der Waals surface area (Å²) in [7, 11) is 0. The molecule has 0 saturated heterocycles. The normalized spacial score (nSPS) is 16.2. The molecule has 2 heterocycles. The Morgan fingerprint density at radius 2 is 1.56 bits per heavy atom. The standard InChI is InChI=1S/C38H42N2O3/c1-5-7-8-9-10-13-21-40(6-2)29-19-20-32-36(24-29)42-35-23-27(4)34(39-28-16-14-15-26(3)22-28)25-33(35)38(32)31-18-12-11-17-30(31)37(41)43-38/h11-12,14-20,22-25,39H,5-10,13,21H2,1-4H3. The zero-order valence-electron chi connectivity index (χ0n) is 25.8. The minimum absolute atomic E-state index is 0.314. The number of nitrogens with one attached hydrogen (secondary N) is 1. The van der Waals surface area contributed by atoms with E-state index in [1.807, 2.05) is 30.3 Å². The number of esters is 1. The number of fused-ring (bicyclic) bond motifs is 6. The van der Waals surface area contributed by atoms with Crippen molar-refractivity contribution in [1.29, 1.82) is 0 Å².